The zero-order valence-electron chi connectivity index (χ0n) is 16.0. The van der Waals surface area contributed by atoms with Crippen LogP contribution in [0.2, 0.25) is 5.02 Å². The molecule has 1 N–H and O–H groups in total. The zero-order valence-corrected chi connectivity index (χ0v) is 17.5. The molecule has 4 rings (SSSR count). The summed E-state index contributed by atoms with van der Waals surface area (Å²) in [5.74, 6) is -0.450. The molecule has 0 saturated heterocycles. The van der Waals surface area contributed by atoms with Crippen LogP contribution in [0.4, 0.5) is 5.69 Å². The Morgan fingerprint density at radius 2 is 1.57 bits per heavy atom. The molecule has 3 aromatic carbocycles. The Bertz CT molecular complexity index is 1310. The van der Waals surface area contributed by atoms with Crippen molar-refractivity contribution in [2.24, 2.45) is 0 Å². The lowest BCUT2D eigenvalue weighted by molar-refractivity contribution is -0.116. The van der Waals surface area contributed by atoms with E-state index < -0.39 is 9.84 Å². The molecule has 0 atom stereocenters. The molecular weight excluding hydrogens is 420 g/mol. The molecule has 30 heavy (non-hydrogen) atoms. The largest absolute Gasteiger partial charge is 0.337 e. The Hall–Kier alpha value is -3.09. The number of hydrogen-bond acceptors (Lipinski definition) is 3. The molecule has 0 bridgehead atoms. The number of amides is 1. The summed E-state index contributed by atoms with van der Waals surface area (Å²) in [6.45, 7) is -0.00296. The van der Waals surface area contributed by atoms with Gasteiger partial charge < -0.3 is 9.88 Å². The average molecular weight is 439 g/mol. The van der Waals surface area contributed by atoms with Crippen LogP contribution < -0.4 is 5.32 Å². The summed E-state index contributed by atoms with van der Waals surface area (Å²) in [7, 11) is -3.67. The van der Waals surface area contributed by atoms with Gasteiger partial charge in [0, 0.05) is 27.8 Å². The SMILES string of the molecule is O=C(Cn1cc(S(=O)(=O)Cc2ccccc2Cl)c2ccccc21)Nc1ccccc1. The van der Waals surface area contributed by atoms with E-state index in [9.17, 15) is 13.2 Å². The van der Waals surface area contributed by atoms with Gasteiger partial charge in [0.15, 0.2) is 9.84 Å². The van der Waals surface area contributed by atoms with Crippen molar-refractivity contribution in [2.75, 3.05) is 5.32 Å². The molecule has 1 aromatic heterocycles. The topological polar surface area (TPSA) is 68.2 Å². The first-order valence-corrected chi connectivity index (χ1v) is 11.4. The van der Waals surface area contributed by atoms with E-state index in [-0.39, 0.29) is 23.1 Å². The number of hydrogen-bond donors (Lipinski definition) is 1. The van der Waals surface area contributed by atoms with E-state index >= 15 is 0 Å². The lowest BCUT2D eigenvalue weighted by Crippen LogP contribution is -2.18. The zero-order chi connectivity index (χ0) is 21.1. The summed E-state index contributed by atoms with van der Waals surface area (Å²) in [5.41, 5.74) is 1.90. The highest BCUT2D eigenvalue weighted by Gasteiger charge is 2.23. The monoisotopic (exact) mass is 438 g/mol. The highest BCUT2D eigenvalue weighted by Crippen LogP contribution is 2.29. The van der Waals surface area contributed by atoms with Crippen LogP contribution in [0.5, 0.6) is 0 Å². The lowest BCUT2D eigenvalue weighted by Gasteiger charge is -2.07. The fraction of sp³-hybridized carbons (Fsp3) is 0.0870. The second-order valence-corrected chi connectivity index (χ2v) is 9.27. The number of halogens is 1. The first-order valence-electron chi connectivity index (χ1n) is 9.33. The van der Waals surface area contributed by atoms with Crippen LogP contribution in [-0.2, 0) is 26.9 Å². The fourth-order valence-corrected chi connectivity index (χ4v) is 5.26. The molecule has 0 radical (unpaired) electrons. The van der Waals surface area contributed by atoms with Crippen LogP contribution in [0, 0.1) is 0 Å². The number of para-hydroxylation sites is 2. The minimum Gasteiger partial charge on any atom is -0.337 e. The van der Waals surface area contributed by atoms with Crippen molar-refractivity contribution >= 4 is 43.9 Å². The highest BCUT2D eigenvalue weighted by molar-refractivity contribution is 7.90. The molecule has 1 amide bonds. The van der Waals surface area contributed by atoms with Crippen LogP contribution in [0.25, 0.3) is 10.9 Å². The van der Waals surface area contributed by atoms with Gasteiger partial charge in [-0.25, -0.2) is 8.42 Å². The summed E-state index contributed by atoms with van der Waals surface area (Å²) in [6, 6.07) is 23.2. The second-order valence-electron chi connectivity index (χ2n) is 6.90. The van der Waals surface area contributed by atoms with Crippen molar-refractivity contribution in [1.82, 2.24) is 4.57 Å². The predicted octanol–water partition coefficient (Wildman–Crippen LogP) is 4.91. The van der Waals surface area contributed by atoms with Gasteiger partial charge in [-0.2, -0.15) is 0 Å². The molecule has 0 spiro atoms. The number of anilines is 1. The number of nitrogens with one attached hydrogen (secondary N) is 1. The standard InChI is InChI=1S/C23H19ClN2O3S/c24-20-12-6-4-8-17(20)16-30(28,29)22-14-26(21-13-7-5-11-19(21)22)15-23(27)25-18-9-2-1-3-10-18/h1-14H,15-16H2,(H,25,27). The van der Waals surface area contributed by atoms with Crippen LogP contribution in [0.3, 0.4) is 0 Å². The van der Waals surface area contributed by atoms with Crippen LogP contribution in [0.15, 0.2) is 90.0 Å². The Morgan fingerprint density at radius 1 is 0.900 bits per heavy atom. The second kappa shape index (κ2) is 8.34. The summed E-state index contributed by atoms with van der Waals surface area (Å²) in [6.07, 6.45) is 1.53. The van der Waals surface area contributed by atoms with Gasteiger partial charge in [0.25, 0.3) is 0 Å². The molecule has 0 saturated carbocycles. The van der Waals surface area contributed by atoms with Crippen molar-refractivity contribution in [3.05, 3.63) is 95.6 Å². The summed E-state index contributed by atoms with van der Waals surface area (Å²) < 4.78 is 28.0. The summed E-state index contributed by atoms with van der Waals surface area (Å²) in [4.78, 5) is 12.7. The van der Waals surface area contributed by atoms with E-state index in [4.69, 9.17) is 11.6 Å². The van der Waals surface area contributed by atoms with Gasteiger partial charge in [0.1, 0.15) is 6.54 Å². The van der Waals surface area contributed by atoms with E-state index in [1.54, 1.807) is 59.2 Å². The quantitative estimate of drug-likeness (QED) is 0.465. The molecule has 0 aliphatic carbocycles. The van der Waals surface area contributed by atoms with E-state index in [1.165, 1.54) is 6.20 Å². The average Bonchev–Trinajstić information content (AvgIpc) is 3.10. The molecular formula is C23H19ClN2O3S. The van der Waals surface area contributed by atoms with E-state index in [0.29, 0.717) is 27.2 Å². The maximum absolute atomic E-state index is 13.2. The van der Waals surface area contributed by atoms with Crippen LogP contribution in [-0.4, -0.2) is 18.9 Å². The molecule has 5 nitrogen and oxygen atoms in total. The number of aromatic nitrogens is 1. The van der Waals surface area contributed by atoms with Crippen molar-refractivity contribution in [3.8, 4) is 0 Å². The highest BCUT2D eigenvalue weighted by atomic mass is 35.5. The van der Waals surface area contributed by atoms with Gasteiger partial charge in [0.2, 0.25) is 5.91 Å². The van der Waals surface area contributed by atoms with Crippen molar-refractivity contribution in [3.63, 3.8) is 0 Å². The third-order valence-electron chi connectivity index (χ3n) is 4.76. The van der Waals surface area contributed by atoms with Gasteiger partial charge in [-0.3, -0.25) is 4.79 Å². The number of fused-ring (bicyclic) bond motifs is 1. The third-order valence-corrected chi connectivity index (χ3v) is 6.82. The Morgan fingerprint density at radius 3 is 2.33 bits per heavy atom. The number of carbonyl (C=O) groups is 1. The number of nitrogens with zero attached hydrogens (tertiary/aromatic N) is 1. The minimum absolute atomic E-state index is 0.00296. The number of carbonyl (C=O) groups excluding carboxylic acids is 1. The molecule has 0 aliphatic rings. The van der Waals surface area contributed by atoms with Gasteiger partial charge in [-0.05, 0) is 29.8 Å². The van der Waals surface area contributed by atoms with Crippen LogP contribution >= 0.6 is 11.6 Å². The number of sulfone groups is 1. The molecule has 0 aliphatic heterocycles. The molecule has 7 heteroatoms. The van der Waals surface area contributed by atoms with Gasteiger partial charge in [-0.1, -0.05) is 66.2 Å². The van der Waals surface area contributed by atoms with E-state index in [2.05, 4.69) is 5.32 Å². The maximum atomic E-state index is 13.2. The minimum atomic E-state index is -3.67. The number of rotatable bonds is 6. The summed E-state index contributed by atoms with van der Waals surface area (Å²) >= 11 is 6.16. The Labute approximate surface area is 179 Å². The molecule has 4 aromatic rings. The Balaban J connectivity index is 1.67. The smallest absolute Gasteiger partial charge is 0.244 e. The first-order chi connectivity index (χ1) is 14.4. The first kappa shape index (κ1) is 20.2. The van der Waals surface area contributed by atoms with E-state index in [0.717, 1.165) is 0 Å². The Kier molecular flexibility index (Phi) is 5.61. The predicted molar refractivity (Wildman–Crippen MR) is 119 cm³/mol. The molecule has 152 valence electrons. The molecule has 1 heterocycles. The number of benzene rings is 3. The van der Waals surface area contributed by atoms with Crippen LogP contribution in [0.1, 0.15) is 5.56 Å². The lowest BCUT2D eigenvalue weighted by atomic mass is 10.2. The fourth-order valence-electron chi connectivity index (χ4n) is 3.37. The van der Waals surface area contributed by atoms with Gasteiger partial charge in [-0.15, -0.1) is 0 Å². The van der Waals surface area contributed by atoms with E-state index in [1.807, 2.05) is 24.3 Å². The van der Waals surface area contributed by atoms with Gasteiger partial charge >= 0.3 is 0 Å². The normalized spacial score (nSPS) is 11.5. The molecule has 0 fully saturated rings. The van der Waals surface area contributed by atoms with Gasteiger partial charge in [0.05, 0.1) is 10.6 Å². The van der Waals surface area contributed by atoms with Crippen molar-refractivity contribution < 1.29 is 13.2 Å². The molecule has 0 unspecified atom stereocenters. The van der Waals surface area contributed by atoms with Crippen molar-refractivity contribution in [1.29, 1.82) is 0 Å². The summed E-state index contributed by atoms with van der Waals surface area (Å²) in [5, 5.41) is 3.81. The van der Waals surface area contributed by atoms with Crippen molar-refractivity contribution in [2.45, 2.75) is 17.2 Å². The maximum Gasteiger partial charge on any atom is 0.244 e. The third kappa shape index (κ3) is 4.25.